The second kappa shape index (κ2) is 6.89. The number of aromatic hydroxyl groups is 1. The van der Waals surface area contributed by atoms with Crippen LogP contribution in [0.5, 0.6) is 5.75 Å². The van der Waals surface area contributed by atoms with Gasteiger partial charge < -0.3 is 20.6 Å². The van der Waals surface area contributed by atoms with Gasteiger partial charge in [0, 0.05) is 19.6 Å². The van der Waals surface area contributed by atoms with E-state index in [1.807, 2.05) is 12.1 Å². The number of hydrogen-bond donors (Lipinski definition) is 3. The van der Waals surface area contributed by atoms with Gasteiger partial charge in [-0.15, -0.1) is 0 Å². The number of phenolic OH excluding ortho intramolecular Hbond substituents is 1. The predicted octanol–water partition coefficient (Wildman–Crippen LogP) is 1.56. The van der Waals surface area contributed by atoms with Crippen LogP contribution in [0.4, 0.5) is 4.79 Å². The van der Waals surface area contributed by atoms with Crippen molar-refractivity contribution < 1.29 is 14.7 Å². The average Bonchev–Trinajstić information content (AvgIpc) is 2.57. The number of carbonyl (C=O) groups excluding carboxylic acids is 2. The summed E-state index contributed by atoms with van der Waals surface area (Å²) in [7, 11) is 0. The molecule has 0 bridgehead atoms. The zero-order valence-corrected chi connectivity index (χ0v) is 13.1. The maximum atomic E-state index is 12.3. The lowest BCUT2D eigenvalue weighted by molar-refractivity contribution is -0.124. The van der Waals surface area contributed by atoms with E-state index in [9.17, 15) is 14.7 Å². The summed E-state index contributed by atoms with van der Waals surface area (Å²) in [5.41, 5.74) is 1.12. The molecule has 0 radical (unpaired) electrons. The van der Waals surface area contributed by atoms with Crippen molar-refractivity contribution in [3.8, 4) is 5.75 Å². The maximum Gasteiger partial charge on any atom is 0.318 e. The highest BCUT2D eigenvalue weighted by Crippen LogP contribution is 2.29. The van der Waals surface area contributed by atoms with Crippen molar-refractivity contribution in [3.63, 3.8) is 0 Å². The van der Waals surface area contributed by atoms with Crippen LogP contribution in [0.25, 0.3) is 0 Å². The minimum Gasteiger partial charge on any atom is -0.508 e. The summed E-state index contributed by atoms with van der Waals surface area (Å²) in [6, 6.07) is 6.79. The number of phenols is 1. The average molecular weight is 317 g/mol. The molecule has 1 unspecified atom stereocenters. The molecule has 1 atom stereocenters. The van der Waals surface area contributed by atoms with E-state index in [2.05, 4.69) is 10.6 Å². The Hall–Kier alpha value is -2.24. The van der Waals surface area contributed by atoms with E-state index in [0.717, 1.165) is 24.8 Å². The summed E-state index contributed by atoms with van der Waals surface area (Å²) in [5, 5.41) is 15.2. The third-order valence-electron chi connectivity index (χ3n) is 4.71. The first-order chi connectivity index (χ1) is 11.1. The van der Waals surface area contributed by atoms with Gasteiger partial charge in [-0.2, -0.15) is 0 Å². The normalized spacial score (nSPS) is 22.5. The van der Waals surface area contributed by atoms with E-state index in [1.54, 1.807) is 17.0 Å². The van der Waals surface area contributed by atoms with Crippen molar-refractivity contribution in [3.05, 3.63) is 29.8 Å². The summed E-state index contributed by atoms with van der Waals surface area (Å²) >= 11 is 0. The molecule has 3 rings (SSSR count). The van der Waals surface area contributed by atoms with E-state index in [4.69, 9.17) is 0 Å². The summed E-state index contributed by atoms with van der Waals surface area (Å²) in [6.07, 6.45) is 3.34. The molecule has 0 aromatic heterocycles. The molecule has 6 nitrogen and oxygen atoms in total. The number of amides is 3. The SMILES string of the molecule is O=C1NCCCC1NC(=O)N1CCC(c2cccc(O)c2)CC1. The third kappa shape index (κ3) is 3.75. The van der Waals surface area contributed by atoms with Gasteiger partial charge in [0.05, 0.1) is 0 Å². The Morgan fingerprint density at radius 1 is 1.26 bits per heavy atom. The smallest absolute Gasteiger partial charge is 0.318 e. The Labute approximate surface area is 135 Å². The van der Waals surface area contributed by atoms with E-state index in [-0.39, 0.29) is 17.7 Å². The van der Waals surface area contributed by atoms with Crippen LogP contribution in [0.15, 0.2) is 24.3 Å². The molecule has 2 fully saturated rings. The predicted molar refractivity (Wildman–Crippen MR) is 86.2 cm³/mol. The number of likely N-dealkylation sites (tertiary alicyclic amines) is 1. The van der Waals surface area contributed by atoms with Crippen LogP contribution >= 0.6 is 0 Å². The van der Waals surface area contributed by atoms with Crippen LogP contribution in [0, 0.1) is 0 Å². The highest BCUT2D eigenvalue weighted by Gasteiger charge is 2.28. The van der Waals surface area contributed by atoms with Crippen LogP contribution in [-0.2, 0) is 4.79 Å². The van der Waals surface area contributed by atoms with Gasteiger partial charge in [-0.05, 0) is 49.3 Å². The maximum absolute atomic E-state index is 12.3. The highest BCUT2D eigenvalue weighted by molar-refractivity contribution is 5.87. The third-order valence-corrected chi connectivity index (χ3v) is 4.71. The van der Waals surface area contributed by atoms with Gasteiger partial charge in [-0.25, -0.2) is 4.79 Å². The minimum absolute atomic E-state index is 0.0840. The Balaban J connectivity index is 1.52. The number of urea groups is 1. The Bertz CT molecular complexity index is 582. The summed E-state index contributed by atoms with van der Waals surface area (Å²) in [6.45, 7) is 2.03. The molecular formula is C17H23N3O3. The quantitative estimate of drug-likeness (QED) is 0.774. The standard InChI is InChI=1S/C17H23N3O3/c21-14-4-1-3-13(11-14)12-6-9-20(10-7-12)17(23)19-15-5-2-8-18-16(15)22/h1,3-4,11-12,15,21H,2,5-10H2,(H,18,22)(H,19,23). The molecule has 6 heteroatoms. The molecule has 2 aliphatic heterocycles. The minimum atomic E-state index is -0.403. The zero-order chi connectivity index (χ0) is 16.2. The number of benzene rings is 1. The summed E-state index contributed by atoms with van der Waals surface area (Å²) in [5.74, 6) is 0.564. The summed E-state index contributed by atoms with van der Waals surface area (Å²) < 4.78 is 0. The molecule has 3 N–H and O–H groups in total. The second-order valence-corrected chi connectivity index (χ2v) is 6.29. The first kappa shape index (κ1) is 15.6. The van der Waals surface area contributed by atoms with E-state index < -0.39 is 6.04 Å². The van der Waals surface area contributed by atoms with Gasteiger partial charge in [0.2, 0.25) is 5.91 Å². The molecule has 1 aromatic rings. The van der Waals surface area contributed by atoms with Gasteiger partial charge in [-0.3, -0.25) is 4.79 Å². The largest absolute Gasteiger partial charge is 0.508 e. The molecule has 3 amide bonds. The number of carbonyl (C=O) groups is 2. The Morgan fingerprint density at radius 3 is 2.74 bits per heavy atom. The zero-order valence-electron chi connectivity index (χ0n) is 13.1. The van der Waals surface area contributed by atoms with Gasteiger partial charge >= 0.3 is 6.03 Å². The fraction of sp³-hybridized carbons (Fsp3) is 0.529. The molecular weight excluding hydrogens is 294 g/mol. The number of hydrogen-bond acceptors (Lipinski definition) is 3. The van der Waals surface area contributed by atoms with Crippen molar-refractivity contribution in [2.45, 2.75) is 37.6 Å². The lowest BCUT2D eigenvalue weighted by Crippen LogP contribution is -2.54. The molecule has 0 saturated carbocycles. The number of nitrogens with one attached hydrogen (secondary N) is 2. The van der Waals surface area contributed by atoms with Crippen molar-refractivity contribution in [2.75, 3.05) is 19.6 Å². The van der Waals surface area contributed by atoms with Gasteiger partial charge in [-0.1, -0.05) is 12.1 Å². The first-order valence-corrected chi connectivity index (χ1v) is 8.25. The van der Waals surface area contributed by atoms with E-state index in [1.165, 1.54) is 0 Å². The van der Waals surface area contributed by atoms with E-state index >= 15 is 0 Å². The van der Waals surface area contributed by atoms with Crippen molar-refractivity contribution in [1.82, 2.24) is 15.5 Å². The molecule has 2 aliphatic rings. The van der Waals surface area contributed by atoms with Gasteiger partial charge in [0.25, 0.3) is 0 Å². The van der Waals surface area contributed by atoms with Crippen LogP contribution in [0.1, 0.15) is 37.2 Å². The number of nitrogens with zero attached hydrogens (tertiary/aromatic N) is 1. The van der Waals surface area contributed by atoms with Crippen LogP contribution in [0.3, 0.4) is 0 Å². The van der Waals surface area contributed by atoms with Gasteiger partial charge in [0.1, 0.15) is 11.8 Å². The summed E-state index contributed by atoms with van der Waals surface area (Å²) in [4.78, 5) is 25.8. The monoisotopic (exact) mass is 317 g/mol. The second-order valence-electron chi connectivity index (χ2n) is 6.29. The molecule has 0 aliphatic carbocycles. The lowest BCUT2D eigenvalue weighted by Gasteiger charge is -2.34. The molecule has 0 spiro atoms. The molecule has 2 heterocycles. The number of rotatable bonds is 2. The Kier molecular flexibility index (Phi) is 4.69. The highest BCUT2D eigenvalue weighted by atomic mass is 16.3. The fourth-order valence-corrected chi connectivity index (χ4v) is 3.34. The molecule has 1 aromatic carbocycles. The Morgan fingerprint density at radius 2 is 2.04 bits per heavy atom. The molecule has 2 saturated heterocycles. The van der Waals surface area contributed by atoms with E-state index in [0.29, 0.717) is 32.0 Å². The number of piperidine rings is 2. The van der Waals surface area contributed by atoms with Crippen LogP contribution in [-0.4, -0.2) is 47.6 Å². The topological polar surface area (TPSA) is 81.7 Å². The van der Waals surface area contributed by atoms with Crippen molar-refractivity contribution in [2.24, 2.45) is 0 Å². The van der Waals surface area contributed by atoms with Crippen LogP contribution < -0.4 is 10.6 Å². The molecule has 124 valence electrons. The van der Waals surface area contributed by atoms with Crippen molar-refractivity contribution in [1.29, 1.82) is 0 Å². The van der Waals surface area contributed by atoms with Crippen molar-refractivity contribution >= 4 is 11.9 Å². The molecule has 23 heavy (non-hydrogen) atoms. The first-order valence-electron chi connectivity index (χ1n) is 8.25. The fourth-order valence-electron chi connectivity index (χ4n) is 3.34. The lowest BCUT2D eigenvalue weighted by atomic mass is 9.89. The van der Waals surface area contributed by atoms with Gasteiger partial charge in [0.15, 0.2) is 0 Å². The van der Waals surface area contributed by atoms with Crippen LogP contribution in [0.2, 0.25) is 0 Å².